The summed E-state index contributed by atoms with van der Waals surface area (Å²) in [7, 11) is 0. The predicted molar refractivity (Wildman–Crippen MR) is 114 cm³/mol. The number of benzene rings is 1. The van der Waals surface area contributed by atoms with E-state index in [9.17, 15) is 14.4 Å². The second-order valence-corrected chi connectivity index (χ2v) is 8.59. The summed E-state index contributed by atoms with van der Waals surface area (Å²) in [5.41, 5.74) is -0.0137. The van der Waals surface area contributed by atoms with Gasteiger partial charge in [0.1, 0.15) is 17.2 Å². The Labute approximate surface area is 176 Å². The SMILES string of the molecule is CC(NC(=O)OC(C)(C)C)C(=O)NC(CNC(=O)c1cc2ccccc2o1)C(C)C. The Morgan fingerprint density at radius 3 is 2.33 bits per heavy atom. The molecule has 164 valence electrons. The molecule has 0 saturated carbocycles. The molecular formula is C22H31N3O5. The van der Waals surface area contributed by atoms with Crippen LogP contribution in [0.4, 0.5) is 4.79 Å². The van der Waals surface area contributed by atoms with Crippen molar-refractivity contribution in [2.45, 2.75) is 59.2 Å². The maximum atomic E-state index is 12.5. The molecule has 0 aliphatic rings. The van der Waals surface area contributed by atoms with E-state index in [1.807, 2.05) is 32.0 Å². The minimum Gasteiger partial charge on any atom is -0.451 e. The number of rotatable bonds is 7. The van der Waals surface area contributed by atoms with Gasteiger partial charge in [-0.2, -0.15) is 0 Å². The average Bonchev–Trinajstić information content (AvgIpc) is 3.07. The van der Waals surface area contributed by atoms with Crippen molar-refractivity contribution in [2.75, 3.05) is 6.54 Å². The zero-order valence-electron chi connectivity index (χ0n) is 18.4. The van der Waals surface area contributed by atoms with Crippen molar-refractivity contribution in [1.82, 2.24) is 16.0 Å². The van der Waals surface area contributed by atoms with Gasteiger partial charge in [0.05, 0.1) is 0 Å². The van der Waals surface area contributed by atoms with Gasteiger partial charge in [-0.1, -0.05) is 32.0 Å². The zero-order valence-corrected chi connectivity index (χ0v) is 18.4. The summed E-state index contributed by atoms with van der Waals surface area (Å²) in [6.45, 7) is 10.9. The first-order valence-electron chi connectivity index (χ1n) is 10.0. The first-order valence-corrected chi connectivity index (χ1v) is 10.0. The third-order valence-corrected chi connectivity index (χ3v) is 4.39. The lowest BCUT2D eigenvalue weighted by atomic mass is 10.0. The van der Waals surface area contributed by atoms with Crippen LogP contribution in [0, 0.1) is 5.92 Å². The second kappa shape index (κ2) is 9.65. The molecule has 1 aromatic carbocycles. The van der Waals surface area contributed by atoms with Crippen LogP contribution in [-0.2, 0) is 9.53 Å². The number of hydrogen-bond donors (Lipinski definition) is 3. The zero-order chi connectivity index (χ0) is 22.5. The van der Waals surface area contributed by atoms with Crippen molar-refractivity contribution in [2.24, 2.45) is 5.92 Å². The highest BCUT2D eigenvalue weighted by molar-refractivity contribution is 5.96. The second-order valence-electron chi connectivity index (χ2n) is 8.59. The number of ether oxygens (including phenoxy) is 1. The van der Waals surface area contributed by atoms with Crippen LogP contribution >= 0.6 is 0 Å². The summed E-state index contributed by atoms with van der Waals surface area (Å²) in [5, 5.41) is 9.02. The van der Waals surface area contributed by atoms with Crippen molar-refractivity contribution in [1.29, 1.82) is 0 Å². The molecule has 8 heteroatoms. The highest BCUT2D eigenvalue weighted by Gasteiger charge is 2.24. The fourth-order valence-corrected chi connectivity index (χ4v) is 2.69. The van der Waals surface area contributed by atoms with Crippen molar-refractivity contribution in [3.8, 4) is 0 Å². The van der Waals surface area contributed by atoms with E-state index < -0.39 is 17.7 Å². The van der Waals surface area contributed by atoms with E-state index >= 15 is 0 Å². The molecule has 0 aliphatic heterocycles. The number of carbonyl (C=O) groups is 3. The van der Waals surface area contributed by atoms with Crippen LogP contribution in [0.1, 0.15) is 52.1 Å². The Bertz CT molecular complexity index is 865. The van der Waals surface area contributed by atoms with Crippen LogP contribution in [0.5, 0.6) is 0 Å². The lowest BCUT2D eigenvalue weighted by Crippen LogP contribution is -2.53. The van der Waals surface area contributed by atoms with Crippen molar-refractivity contribution >= 4 is 28.9 Å². The molecule has 0 radical (unpaired) electrons. The number of fused-ring (bicyclic) bond motifs is 1. The Balaban J connectivity index is 1.91. The van der Waals surface area contributed by atoms with Crippen molar-refractivity contribution in [3.63, 3.8) is 0 Å². The van der Waals surface area contributed by atoms with Gasteiger partial charge in [-0.05, 0) is 45.7 Å². The van der Waals surface area contributed by atoms with Gasteiger partial charge < -0.3 is 25.1 Å². The van der Waals surface area contributed by atoms with Crippen LogP contribution < -0.4 is 16.0 Å². The molecular weight excluding hydrogens is 386 g/mol. The topological polar surface area (TPSA) is 110 Å². The van der Waals surface area contributed by atoms with Crippen LogP contribution in [0.25, 0.3) is 11.0 Å². The molecule has 2 unspecified atom stereocenters. The number of para-hydroxylation sites is 1. The van der Waals surface area contributed by atoms with Gasteiger partial charge in [-0.3, -0.25) is 9.59 Å². The van der Waals surface area contributed by atoms with Crippen LogP contribution in [0.2, 0.25) is 0 Å². The maximum absolute atomic E-state index is 12.5. The lowest BCUT2D eigenvalue weighted by Gasteiger charge is -2.25. The smallest absolute Gasteiger partial charge is 0.408 e. The Morgan fingerprint density at radius 2 is 1.73 bits per heavy atom. The summed E-state index contributed by atoms with van der Waals surface area (Å²) >= 11 is 0. The van der Waals surface area contributed by atoms with Crippen LogP contribution in [0.3, 0.4) is 0 Å². The quantitative estimate of drug-likeness (QED) is 0.641. The summed E-state index contributed by atoms with van der Waals surface area (Å²) in [5.74, 6) is -0.452. The number of amides is 3. The Kier molecular flexibility index (Phi) is 7.48. The minimum absolute atomic E-state index is 0.0543. The number of hydrogen-bond acceptors (Lipinski definition) is 5. The van der Waals surface area contributed by atoms with Gasteiger partial charge in [-0.25, -0.2) is 4.79 Å². The molecule has 2 rings (SSSR count). The molecule has 1 aromatic heterocycles. The summed E-state index contributed by atoms with van der Waals surface area (Å²) in [6, 6.07) is 7.94. The molecule has 3 N–H and O–H groups in total. The number of furan rings is 1. The molecule has 0 saturated heterocycles. The molecule has 3 amide bonds. The molecule has 30 heavy (non-hydrogen) atoms. The van der Waals surface area contributed by atoms with E-state index in [2.05, 4.69) is 16.0 Å². The lowest BCUT2D eigenvalue weighted by molar-refractivity contribution is -0.123. The van der Waals surface area contributed by atoms with E-state index in [0.717, 1.165) is 5.39 Å². The van der Waals surface area contributed by atoms with Gasteiger partial charge in [0.2, 0.25) is 5.91 Å². The maximum Gasteiger partial charge on any atom is 0.408 e. The fraction of sp³-hybridized carbons (Fsp3) is 0.500. The number of alkyl carbamates (subject to hydrolysis) is 1. The molecule has 0 fully saturated rings. The van der Waals surface area contributed by atoms with E-state index in [-0.39, 0.29) is 36.1 Å². The molecule has 0 spiro atoms. The van der Waals surface area contributed by atoms with Gasteiger partial charge >= 0.3 is 6.09 Å². The van der Waals surface area contributed by atoms with Gasteiger partial charge in [0.25, 0.3) is 5.91 Å². The fourth-order valence-electron chi connectivity index (χ4n) is 2.69. The van der Waals surface area contributed by atoms with Crippen LogP contribution in [0.15, 0.2) is 34.7 Å². The van der Waals surface area contributed by atoms with Crippen LogP contribution in [-0.4, -0.2) is 42.1 Å². The van der Waals surface area contributed by atoms with Crippen molar-refractivity contribution in [3.05, 3.63) is 36.1 Å². The standard InChI is InChI=1S/C22H31N3O5/c1-13(2)16(25-19(26)14(3)24-21(28)30-22(4,5)6)12-23-20(27)18-11-15-9-7-8-10-17(15)29-18/h7-11,13-14,16H,12H2,1-6H3,(H,23,27)(H,24,28)(H,25,26). The predicted octanol–water partition coefficient (Wildman–Crippen LogP) is 3.22. The Hall–Kier alpha value is -3.03. The first-order chi connectivity index (χ1) is 14.0. The monoisotopic (exact) mass is 417 g/mol. The molecule has 0 bridgehead atoms. The largest absolute Gasteiger partial charge is 0.451 e. The van der Waals surface area contributed by atoms with Gasteiger partial charge in [0.15, 0.2) is 5.76 Å². The molecule has 1 heterocycles. The van der Waals surface area contributed by atoms with E-state index in [4.69, 9.17) is 9.15 Å². The summed E-state index contributed by atoms with van der Waals surface area (Å²) in [6.07, 6.45) is -0.663. The molecule has 2 aromatic rings. The van der Waals surface area contributed by atoms with E-state index in [1.54, 1.807) is 39.8 Å². The van der Waals surface area contributed by atoms with E-state index in [1.165, 1.54) is 0 Å². The highest BCUT2D eigenvalue weighted by Crippen LogP contribution is 2.18. The highest BCUT2D eigenvalue weighted by atomic mass is 16.6. The molecule has 8 nitrogen and oxygen atoms in total. The van der Waals surface area contributed by atoms with Crippen molar-refractivity contribution < 1.29 is 23.5 Å². The third kappa shape index (κ3) is 6.79. The molecule has 0 aliphatic carbocycles. The normalized spacial score (nSPS) is 13.6. The first kappa shape index (κ1) is 23.3. The number of nitrogens with one attached hydrogen (secondary N) is 3. The van der Waals surface area contributed by atoms with Gasteiger partial charge in [-0.15, -0.1) is 0 Å². The average molecular weight is 418 g/mol. The van der Waals surface area contributed by atoms with E-state index in [0.29, 0.717) is 5.58 Å². The Morgan fingerprint density at radius 1 is 1.07 bits per heavy atom. The minimum atomic E-state index is -0.785. The summed E-state index contributed by atoms with van der Waals surface area (Å²) in [4.78, 5) is 36.8. The molecule has 2 atom stereocenters. The summed E-state index contributed by atoms with van der Waals surface area (Å²) < 4.78 is 10.7. The van der Waals surface area contributed by atoms with Gasteiger partial charge in [0, 0.05) is 18.0 Å². The number of carbonyl (C=O) groups excluding carboxylic acids is 3. The third-order valence-electron chi connectivity index (χ3n) is 4.39.